The highest BCUT2D eigenvalue weighted by Gasteiger charge is 2.19. The van der Waals surface area contributed by atoms with Crippen LogP contribution in [0.15, 0.2) is 24.3 Å². The lowest BCUT2D eigenvalue weighted by atomic mass is 10.0. The van der Waals surface area contributed by atoms with E-state index in [2.05, 4.69) is 45.1 Å². The second-order valence-corrected chi connectivity index (χ2v) is 19.9. The SMILES string of the molecule is CCCCC/C=C\C/C=C\CCCCCCCCCCCC(=O)OC[C@H](COC(=O)CCCCCCCCCCCCCC)OC(=O)CCCCCCCCCCCCCCCCCCC. The number of rotatable bonds is 54. The summed E-state index contributed by atoms with van der Waals surface area (Å²) in [6, 6.07) is 0. The number of hydrogen-bond donors (Lipinski definition) is 0. The summed E-state index contributed by atoms with van der Waals surface area (Å²) in [5, 5.41) is 0. The van der Waals surface area contributed by atoms with E-state index >= 15 is 0 Å². The van der Waals surface area contributed by atoms with Crippen molar-refractivity contribution in [2.24, 2.45) is 0 Å². The third-order valence-corrected chi connectivity index (χ3v) is 13.2. The number of carbonyl (C=O) groups is 3. The molecule has 66 heavy (non-hydrogen) atoms. The minimum atomic E-state index is -0.767. The van der Waals surface area contributed by atoms with Crippen molar-refractivity contribution in [1.29, 1.82) is 0 Å². The minimum absolute atomic E-state index is 0.0668. The largest absolute Gasteiger partial charge is 0.462 e. The highest BCUT2D eigenvalue weighted by Crippen LogP contribution is 2.17. The van der Waals surface area contributed by atoms with E-state index in [9.17, 15) is 14.4 Å². The Hall–Kier alpha value is -2.11. The van der Waals surface area contributed by atoms with Crippen LogP contribution in [-0.4, -0.2) is 37.2 Å². The standard InChI is InChI=1S/C60H112O6/c1-4-7-10-13-16-19-22-25-27-29-30-32-33-35-38-41-44-47-50-53-59(62)65-56-57(55-64-58(61)52-49-46-43-40-37-24-21-18-15-12-9-6-3)66-60(63)54-51-48-45-42-39-36-34-31-28-26-23-20-17-14-11-8-5-2/h16,19,25,27,57H,4-15,17-18,20-24,26,28-56H2,1-3H3/b19-16-,27-25-/t57-/m0/s1. The van der Waals surface area contributed by atoms with Gasteiger partial charge < -0.3 is 14.2 Å². The highest BCUT2D eigenvalue weighted by molar-refractivity contribution is 5.71. The van der Waals surface area contributed by atoms with Crippen molar-refractivity contribution in [3.8, 4) is 0 Å². The van der Waals surface area contributed by atoms with E-state index < -0.39 is 6.10 Å². The predicted molar refractivity (Wildman–Crippen MR) is 284 cm³/mol. The van der Waals surface area contributed by atoms with Gasteiger partial charge in [0.15, 0.2) is 6.10 Å². The van der Waals surface area contributed by atoms with Gasteiger partial charge in [-0.15, -0.1) is 0 Å². The molecule has 0 aromatic rings. The zero-order valence-electron chi connectivity index (χ0n) is 44.5. The molecule has 0 unspecified atom stereocenters. The van der Waals surface area contributed by atoms with Crippen molar-refractivity contribution >= 4 is 17.9 Å². The Bertz CT molecular complexity index is 1070. The topological polar surface area (TPSA) is 78.9 Å². The molecule has 0 aliphatic carbocycles. The van der Waals surface area contributed by atoms with Crippen LogP contribution < -0.4 is 0 Å². The molecule has 0 radical (unpaired) electrons. The van der Waals surface area contributed by atoms with Crippen molar-refractivity contribution in [1.82, 2.24) is 0 Å². The van der Waals surface area contributed by atoms with Gasteiger partial charge in [0.1, 0.15) is 13.2 Å². The van der Waals surface area contributed by atoms with E-state index in [0.29, 0.717) is 19.3 Å². The summed E-state index contributed by atoms with van der Waals surface area (Å²) in [6.45, 7) is 6.66. The Morgan fingerprint density at radius 2 is 0.545 bits per heavy atom. The first-order chi connectivity index (χ1) is 32.5. The fraction of sp³-hybridized carbons (Fsp3) is 0.883. The van der Waals surface area contributed by atoms with Gasteiger partial charge in [-0.05, 0) is 51.4 Å². The molecule has 1 atom stereocenters. The molecule has 388 valence electrons. The summed E-state index contributed by atoms with van der Waals surface area (Å²) in [4.78, 5) is 38.1. The van der Waals surface area contributed by atoms with Gasteiger partial charge in [0.05, 0.1) is 0 Å². The molecule has 0 rings (SSSR count). The van der Waals surface area contributed by atoms with Crippen LogP contribution in [0, 0.1) is 0 Å². The number of unbranched alkanes of at least 4 members (excludes halogenated alkanes) is 39. The maximum absolute atomic E-state index is 12.9. The first-order valence-corrected chi connectivity index (χ1v) is 29.3. The van der Waals surface area contributed by atoms with E-state index in [-0.39, 0.29) is 31.1 Å². The van der Waals surface area contributed by atoms with Gasteiger partial charge in [-0.3, -0.25) is 14.4 Å². The molecule has 0 saturated heterocycles. The van der Waals surface area contributed by atoms with Crippen molar-refractivity contribution in [3.63, 3.8) is 0 Å². The molecule has 6 heteroatoms. The molecular weight excluding hydrogens is 817 g/mol. The Labute approximate surface area is 411 Å². The van der Waals surface area contributed by atoms with Crippen LogP contribution in [-0.2, 0) is 28.6 Å². The van der Waals surface area contributed by atoms with Gasteiger partial charge in [-0.2, -0.15) is 0 Å². The average Bonchev–Trinajstić information content (AvgIpc) is 3.31. The Kier molecular flexibility index (Phi) is 53.7. The summed E-state index contributed by atoms with van der Waals surface area (Å²) in [5.41, 5.74) is 0. The zero-order valence-corrected chi connectivity index (χ0v) is 44.5. The number of esters is 3. The fourth-order valence-electron chi connectivity index (χ4n) is 8.77. The summed E-state index contributed by atoms with van der Waals surface area (Å²) in [5.74, 6) is -0.849. The molecule has 6 nitrogen and oxygen atoms in total. The van der Waals surface area contributed by atoms with Crippen molar-refractivity contribution in [3.05, 3.63) is 24.3 Å². The van der Waals surface area contributed by atoms with Gasteiger partial charge in [0, 0.05) is 19.3 Å². The van der Waals surface area contributed by atoms with E-state index in [1.807, 2.05) is 0 Å². The first kappa shape index (κ1) is 63.9. The first-order valence-electron chi connectivity index (χ1n) is 29.3. The van der Waals surface area contributed by atoms with Crippen LogP contribution in [0.1, 0.15) is 323 Å². The molecule has 0 aromatic heterocycles. The van der Waals surface area contributed by atoms with Gasteiger partial charge in [0.25, 0.3) is 0 Å². The number of carbonyl (C=O) groups excluding carboxylic acids is 3. The minimum Gasteiger partial charge on any atom is -0.462 e. The molecule has 0 aromatic carbocycles. The van der Waals surface area contributed by atoms with Crippen LogP contribution in [0.4, 0.5) is 0 Å². The van der Waals surface area contributed by atoms with E-state index in [4.69, 9.17) is 14.2 Å². The van der Waals surface area contributed by atoms with Crippen LogP contribution in [0.3, 0.4) is 0 Å². The quantitative estimate of drug-likeness (QED) is 0.0262. The second-order valence-electron chi connectivity index (χ2n) is 19.9. The predicted octanol–water partition coefficient (Wildman–Crippen LogP) is 19.5. The van der Waals surface area contributed by atoms with Gasteiger partial charge >= 0.3 is 17.9 Å². The monoisotopic (exact) mass is 929 g/mol. The van der Waals surface area contributed by atoms with Crippen molar-refractivity contribution < 1.29 is 28.6 Å². The van der Waals surface area contributed by atoms with Crippen LogP contribution in [0.25, 0.3) is 0 Å². The van der Waals surface area contributed by atoms with E-state index in [1.54, 1.807) is 0 Å². The van der Waals surface area contributed by atoms with E-state index in [1.165, 1.54) is 218 Å². The molecule has 0 aliphatic rings. The normalized spacial score (nSPS) is 12.1. The van der Waals surface area contributed by atoms with Crippen LogP contribution >= 0.6 is 0 Å². The zero-order chi connectivity index (χ0) is 47.9. The maximum atomic E-state index is 12.9. The summed E-state index contributed by atoms with van der Waals surface area (Å²) in [6.07, 6.45) is 64.5. The van der Waals surface area contributed by atoms with Gasteiger partial charge in [-0.25, -0.2) is 0 Å². The molecule has 0 saturated carbocycles. The molecular formula is C60H112O6. The van der Waals surface area contributed by atoms with Crippen LogP contribution in [0.2, 0.25) is 0 Å². The van der Waals surface area contributed by atoms with Crippen LogP contribution in [0.5, 0.6) is 0 Å². The lowest BCUT2D eigenvalue weighted by Gasteiger charge is -2.18. The third kappa shape index (κ3) is 52.9. The van der Waals surface area contributed by atoms with Crippen molar-refractivity contribution in [2.75, 3.05) is 13.2 Å². The second kappa shape index (κ2) is 55.5. The Morgan fingerprint density at radius 1 is 0.303 bits per heavy atom. The number of allylic oxidation sites excluding steroid dienone is 4. The smallest absolute Gasteiger partial charge is 0.306 e. The average molecular weight is 930 g/mol. The van der Waals surface area contributed by atoms with E-state index in [0.717, 1.165) is 64.2 Å². The summed E-state index contributed by atoms with van der Waals surface area (Å²) in [7, 11) is 0. The third-order valence-electron chi connectivity index (χ3n) is 13.2. The van der Waals surface area contributed by atoms with Gasteiger partial charge in [-0.1, -0.05) is 276 Å². The molecule has 0 heterocycles. The molecule has 0 aliphatic heterocycles. The lowest BCUT2D eigenvalue weighted by molar-refractivity contribution is -0.167. The highest BCUT2D eigenvalue weighted by atomic mass is 16.6. The number of ether oxygens (including phenoxy) is 3. The van der Waals surface area contributed by atoms with Crippen molar-refractivity contribution in [2.45, 2.75) is 329 Å². The maximum Gasteiger partial charge on any atom is 0.306 e. The Morgan fingerprint density at radius 3 is 0.864 bits per heavy atom. The molecule has 0 spiro atoms. The fourth-order valence-corrected chi connectivity index (χ4v) is 8.77. The summed E-state index contributed by atoms with van der Waals surface area (Å²) < 4.78 is 16.9. The molecule has 0 fully saturated rings. The summed E-state index contributed by atoms with van der Waals surface area (Å²) >= 11 is 0. The molecule has 0 amide bonds. The lowest BCUT2D eigenvalue weighted by Crippen LogP contribution is -2.30. The van der Waals surface area contributed by atoms with Gasteiger partial charge in [0.2, 0.25) is 0 Å². The Balaban J connectivity index is 4.30. The molecule has 0 N–H and O–H groups in total. The molecule has 0 bridgehead atoms. The number of hydrogen-bond acceptors (Lipinski definition) is 6.